The van der Waals surface area contributed by atoms with Crippen molar-refractivity contribution in [1.82, 2.24) is 0 Å². The van der Waals surface area contributed by atoms with Gasteiger partial charge in [-0.2, -0.15) is 0 Å². The van der Waals surface area contributed by atoms with Crippen LogP contribution in [0.1, 0.15) is 40.5 Å². The third-order valence-corrected chi connectivity index (χ3v) is 5.20. The van der Waals surface area contributed by atoms with Gasteiger partial charge in [-0.3, -0.25) is 9.00 Å². The van der Waals surface area contributed by atoms with Crippen LogP contribution in [0, 0.1) is 16.7 Å². The van der Waals surface area contributed by atoms with E-state index < -0.39 is 16.5 Å². The van der Waals surface area contributed by atoms with Gasteiger partial charge in [0.1, 0.15) is 5.78 Å². The quantitative estimate of drug-likeness (QED) is 0.697. The molecule has 88 valence electrons. The fraction of sp³-hybridized carbons (Fsp3) is 0.909. The Morgan fingerprint density at radius 2 is 2.00 bits per heavy atom. The molecule has 15 heavy (non-hydrogen) atoms. The second kappa shape index (κ2) is 3.98. The van der Waals surface area contributed by atoms with Crippen LogP contribution in [0.3, 0.4) is 0 Å². The minimum Gasteiger partial charge on any atom is -0.772 e. The van der Waals surface area contributed by atoms with Crippen LogP contribution in [0.5, 0.6) is 0 Å². The first kappa shape index (κ1) is 12.8. The van der Waals surface area contributed by atoms with Crippen LogP contribution in [0.4, 0.5) is 0 Å². The summed E-state index contributed by atoms with van der Waals surface area (Å²) in [5.74, 6) is 0.358. The largest absolute Gasteiger partial charge is 0.772 e. The number of carbonyl (C=O) groups is 1. The maximum atomic E-state index is 11.9. The molecule has 3 atom stereocenters. The van der Waals surface area contributed by atoms with Crippen LogP contribution in [0.25, 0.3) is 0 Å². The van der Waals surface area contributed by atoms with E-state index >= 15 is 0 Å². The average molecular weight is 231 g/mol. The summed E-state index contributed by atoms with van der Waals surface area (Å²) in [6.07, 6.45) is 1.46. The first-order valence-electron chi connectivity index (χ1n) is 5.35. The molecule has 1 rings (SSSR count). The van der Waals surface area contributed by atoms with Crippen LogP contribution < -0.4 is 0 Å². The van der Waals surface area contributed by atoms with Gasteiger partial charge < -0.3 is 4.55 Å². The van der Waals surface area contributed by atoms with Crippen molar-refractivity contribution in [1.29, 1.82) is 0 Å². The molecule has 3 nitrogen and oxygen atoms in total. The van der Waals surface area contributed by atoms with Gasteiger partial charge in [0.2, 0.25) is 0 Å². The summed E-state index contributed by atoms with van der Waals surface area (Å²) in [5.41, 5.74) is -0.931. The van der Waals surface area contributed by atoms with Gasteiger partial charge in [-0.05, 0) is 11.3 Å². The number of hydrogen-bond donors (Lipinski definition) is 0. The zero-order valence-corrected chi connectivity index (χ0v) is 10.6. The van der Waals surface area contributed by atoms with Gasteiger partial charge in [-0.25, -0.2) is 0 Å². The predicted octanol–water partition coefficient (Wildman–Crippen LogP) is 1.90. The highest BCUT2D eigenvalue weighted by molar-refractivity contribution is 7.79. The van der Waals surface area contributed by atoms with Crippen LogP contribution in [-0.2, 0) is 15.9 Å². The molecule has 1 aliphatic rings. The number of Topliss-reactive ketones (excluding diaryl/α,β-unsaturated/α-hetero) is 1. The third-order valence-electron chi connectivity index (χ3n) is 4.39. The van der Waals surface area contributed by atoms with Crippen molar-refractivity contribution in [2.24, 2.45) is 16.7 Å². The summed E-state index contributed by atoms with van der Waals surface area (Å²) < 4.78 is 21.7. The Bertz CT molecular complexity index is 298. The van der Waals surface area contributed by atoms with E-state index in [0.29, 0.717) is 12.3 Å². The standard InChI is InChI=1S/C11H20O3S/c1-5-8-6-9(12)11(4,7-15(13)14)10(8,2)3/h8H,5-7H2,1-4H3,(H,13,14)/p-1. The van der Waals surface area contributed by atoms with Gasteiger partial charge >= 0.3 is 0 Å². The highest BCUT2D eigenvalue weighted by Gasteiger charge is 2.56. The van der Waals surface area contributed by atoms with E-state index in [0.717, 1.165) is 6.42 Å². The minimum absolute atomic E-state index is 0.0463. The van der Waals surface area contributed by atoms with Crippen molar-refractivity contribution < 1.29 is 13.6 Å². The summed E-state index contributed by atoms with van der Waals surface area (Å²) in [6.45, 7) is 7.87. The predicted molar refractivity (Wildman–Crippen MR) is 59.1 cm³/mol. The van der Waals surface area contributed by atoms with Gasteiger partial charge in [0, 0.05) is 17.6 Å². The molecule has 1 aliphatic carbocycles. The van der Waals surface area contributed by atoms with E-state index in [1.54, 1.807) is 6.92 Å². The topological polar surface area (TPSA) is 57.2 Å². The Hall–Kier alpha value is -0.220. The Labute approximate surface area is 93.9 Å². The van der Waals surface area contributed by atoms with Gasteiger partial charge in [0.25, 0.3) is 0 Å². The van der Waals surface area contributed by atoms with Crippen LogP contribution >= 0.6 is 0 Å². The molecule has 0 aromatic carbocycles. The smallest absolute Gasteiger partial charge is 0.140 e. The number of ketones is 1. The third kappa shape index (κ3) is 1.89. The monoisotopic (exact) mass is 231 g/mol. The lowest BCUT2D eigenvalue weighted by Crippen LogP contribution is -2.42. The molecule has 0 spiro atoms. The molecule has 4 heteroatoms. The first-order valence-corrected chi connectivity index (χ1v) is 6.59. The Morgan fingerprint density at radius 3 is 2.33 bits per heavy atom. The van der Waals surface area contributed by atoms with Crippen molar-refractivity contribution in [2.75, 3.05) is 5.75 Å². The summed E-state index contributed by atoms with van der Waals surface area (Å²) in [5, 5.41) is 0. The van der Waals surface area contributed by atoms with Crippen molar-refractivity contribution in [3.63, 3.8) is 0 Å². The van der Waals surface area contributed by atoms with Crippen LogP contribution in [-0.4, -0.2) is 20.3 Å². The van der Waals surface area contributed by atoms with Crippen LogP contribution in [0.2, 0.25) is 0 Å². The lowest BCUT2D eigenvalue weighted by Gasteiger charge is -2.40. The molecule has 0 N–H and O–H groups in total. The zero-order chi connectivity index (χ0) is 11.9. The summed E-state index contributed by atoms with van der Waals surface area (Å²) in [7, 11) is 0. The van der Waals surface area contributed by atoms with Crippen molar-refractivity contribution in [2.45, 2.75) is 40.5 Å². The molecule has 3 unspecified atom stereocenters. The zero-order valence-electron chi connectivity index (χ0n) is 9.83. The molecule has 0 saturated heterocycles. The van der Waals surface area contributed by atoms with E-state index in [2.05, 4.69) is 6.92 Å². The summed E-state index contributed by atoms with van der Waals surface area (Å²) in [6, 6.07) is 0. The SMILES string of the molecule is CCC1CC(=O)C(C)(CS(=O)[O-])C1(C)C. The van der Waals surface area contributed by atoms with Crippen molar-refractivity contribution >= 4 is 16.9 Å². The second-order valence-electron chi connectivity index (χ2n) is 5.23. The number of hydrogen-bond acceptors (Lipinski definition) is 3. The summed E-state index contributed by atoms with van der Waals surface area (Å²) >= 11 is -2.15. The molecular formula is C11H19O3S-. The first-order chi connectivity index (χ1) is 6.75. The average Bonchev–Trinajstić information content (AvgIpc) is 2.25. The van der Waals surface area contributed by atoms with E-state index in [1.807, 2.05) is 13.8 Å². The minimum atomic E-state index is -2.15. The van der Waals surface area contributed by atoms with Crippen molar-refractivity contribution in [3.8, 4) is 0 Å². The van der Waals surface area contributed by atoms with E-state index in [1.165, 1.54) is 0 Å². The molecule has 0 aromatic heterocycles. The molecule has 1 saturated carbocycles. The lowest BCUT2D eigenvalue weighted by atomic mass is 9.66. The fourth-order valence-corrected chi connectivity index (χ4v) is 3.68. The highest BCUT2D eigenvalue weighted by Crippen LogP contribution is 2.54. The molecule has 0 bridgehead atoms. The Kier molecular flexibility index (Phi) is 3.41. The molecule has 0 aromatic rings. The van der Waals surface area contributed by atoms with Crippen LogP contribution in [0.15, 0.2) is 0 Å². The molecule has 0 heterocycles. The molecule has 0 amide bonds. The number of rotatable bonds is 3. The lowest BCUT2D eigenvalue weighted by molar-refractivity contribution is -0.126. The van der Waals surface area contributed by atoms with Gasteiger partial charge in [0.05, 0.1) is 0 Å². The normalized spacial score (nSPS) is 36.9. The van der Waals surface area contributed by atoms with Gasteiger partial charge in [0.15, 0.2) is 0 Å². The summed E-state index contributed by atoms with van der Waals surface area (Å²) in [4.78, 5) is 11.9. The van der Waals surface area contributed by atoms with Gasteiger partial charge in [-0.1, -0.05) is 45.2 Å². The maximum absolute atomic E-state index is 11.9. The second-order valence-corrected chi connectivity index (χ2v) is 6.13. The Balaban J connectivity index is 3.06. The van der Waals surface area contributed by atoms with E-state index in [4.69, 9.17) is 0 Å². The van der Waals surface area contributed by atoms with E-state index in [9.17, 15) is 13.6 Å². The Morgan fingerprint density at radius 1 is 1.47 bits per heavy atom. The van der Waals surface area contributed by atoms with Gasteiger partial charge in [-0.15, -0.1) is 0 Å². The molecule has 1 fully saturated rings. The van der Waals surface area contributed by atoms with E-state index in [-0.39, 0.29) is 17.0 Å². The number of carbonyl (C=O) groups excluding carboxylic acids is 1. The molecular weight excluding hydrogens is 212 g/mol. The molecule has 0 radical (unpaired) electrons. The van der Waals surface area contributed by atoms with Crippen molar-refractivity contribution in [3.05, 3.63) is 0 Å². The highest BCUT2D eigenvalue weighted by atomic mass is 32.2. The fourth-order valence-electron chi connectivity index (χ4n) is 2.67. The molecule has 0 aliphatic heterocycles. The maximum Gasteiger partial charge on any atom is 0.140 e.